The van der Waals surface area contributed by atoms with Gasteiger partial charge in [0.25, 0.3) is 5.91 Å². The second-order valence-corrected chi connectivity index (χ2v) is 9.09. The van der Waals surface area contributed by atoms with Crippen LogP contribution in [0.1, 0.15) is 41.6 Å². The molecular weight excluding hydrogens is 390 g/mol. The van der Waals surface area contributed by atoms with Crippen LogP contribution in [0.2, 0.25) is 0 Å². The Morgan fingerprint density at radius 1 is 1.19 bits per heavy atom. The molecule has 1 aromatic heterocycles. The third-order valence-corrected chi connectivity index (χ3v) is 7.27. The van der Waals surface area contributed by atoms with Crippen molar-refractivity contribution in [2.75, 3.05) is 20.2 Å². The minimum atomic E-state index is 0.0542. The standard InChI is InChI=1S/C25H29N3O3/c1-31-21-7-2-5-17(11-21)12-23-20-13-19(22-8-3-9-24(29)28(22)23)15-27(16-20)25(30)18-6-4-10-26-14-18/h2,4-7,10-11,14,19-20,22-23H,3,8-9,12-13,15-16H2,1H3/t19-,20+,22+,23+/m1/s1. The predicted octanol–water partition coefficient (Wildman–Crippen LogP) is 3.17. The van der Waals surface area contributed by atoms with Crippen LogP contribution in [0.15, 0.2) is 48.8 Å². The van der Waals surface area contributed by atoms with Crippen molar-refractivity contribution in [2.24, 2.45) is 11.8 Å². The number of ether oxygens (including phenoxy) is 1. The van der Waals surface area contributed by atoms with Gasteiger partial charge < -0.3 is 14.5 Å². The Kier molecular flexibility index (Phi) is 5.38. The fourth-order valence-corrected chi connectivity index (χ4v) is 5.92. The van der Waals surface area contributed by atoms with Crippen molar-refractivity contribution < 1.29 is 14.3 Å². The highest BCUT2D eigenvalue weighted by atomic mass is 16.5. The average Bonchev–Trinajstić information content (AvgIpc) is 2.82. The van der Waals surface area contributed by atoms with E-state index in [1.165, 1.54) is 5.56 Å². The van der Waals surface area contributed by atoms with Gasteiger partial charge in [0.05, 0.1) is 12.7 Å². The van der Waals surface area contributed by atoms with Crippen LogP contribution in [0.3, 0.4) is 0 Å². The van der Waals surface area contributed by atoms with Gasteiger partial charge in [-0.1, -0.05) is 12.1 Å². The van der Waals surface area contributed by atoms with Crippen LogP contribution in [0.25, 0.3) is 0 Å². The Bertz CT molecular complexity index is 963. The highest BCUT2D eigenvalue weighted by molar-refractivity contribution is 5.94. The molecule has 31 heavy (non-hydrogen) atoms. The van der Waals surface area contributed by atoms with Gasteiger partial charge in [-0.05, 0) is 67.3 Å². The smallest absolute Gasteiger partial charge is 0.255 e. The van der Waals surface area contributed by atoms with Crippen molar-refractivity contribution in [2.45, 2.75) is 44.2 Å². The van der Waals surface area contributed by atoms with E-state index in [0.717, 1.165) is 38.0 Å². The Balaban J connectivity index is 1.44. The molecule has 1 aromatic carbocycles. The average molecular weight is 420 g/mol. The van der Waals surface area contributed by atoms with Crippen LogP contribution in [0.5, 0.6) is 5.75 Å². The summed E-state index contributed by atoms with van der Waals surface area (Å²) in [4.78, 5) is 34.6. The first-order chi connectivity index (χ1) is 15.1. The minimum Gasteiger partial charge on any atom is -0.497 e. The maximum absolute atomic E-state index is 13.2. The van der Waals surface area contributed by atoms with E-state index in [4.69, 9.17) is 4.74 Å². The summed E-state index contributed by atoms with van der Waals surface area (Å²) in [7, 11) is 1.68. The summed E-state index contributed by atoms with van der Waals surface area (Å²) in [5.41, 5.74) is 1.82. The first-order valence-electron chi connectivity index (χ1n) is 11.3. The van der Waals surface area contributed by atoms with E-state index in [1.807, 2.05) is 29.2 Å². The maximum atomic E-state index is 13.2. The zero-order valence-corrected chi connectivity index (χ0v) is 17.9. The molecule has 0 radical (unpaired) electrons. The maximum Gasteiger partial charge on any atom is 0.255 e. The fourth-order valence-electron chi connectivity index (χ4n) is 5.92. The topological polar surface area (TPSA) is 62.7 Å². The van der Waals surface area contributed by atoms with Gasteiger partial charge in [0.1, 0.15) is 5.75 Å². The van der Waals surface area contributed by atoms with Crippen molar-refractivity contribution in [1.29, 1.82) is 0 Å². The van der Waals surface area contributed by atoms with Gasteiger partial charge in [-0.2, -0.15) is 0 Å². The number of aromatic nitrogens is 1. The Hall–Kier alpha value is -2.89. The van der Waals surface area contributed by atoms with Crippen LogP contribution >= 0.6 is 0 Å². The molecule has 0 unspecified atom stereocenters. The van der Waals surface area contributed by atoms with Gasteiger partial charge in [-0.15, -0.1) is 0 Å². The number of likely N-dealkylation sites (tertiary alicyclic amines) is 1. The lowest BCUT2D eigenvalue weighted by molar-refractivity contribution is -0.151. The SMILES string of the molecule is COc1cccc(C[C@H]2[C@H]3C[C@H](CN(C(=O)c4cccnc4)C3)[C@@H]3CCCC(=O)N32)c1. The monoisotopic (exact) mass is 419 g/mol. The zero-order chi connectivity index (χ0) is 21.4. The number of nitrogens with zero attached hydrogens (tertiary/aromatic N) is 3. The molecule has 0 aliphatic carbocycles. The number of carbonyl (C=O) groups is 2. The van der Waals surface area contributed by atoms with Gasteiger partial charge in [0.15, 0.2) is 0 Å². The normalized spacial score (nSPS) is 27.6. The molecule has 2 bridgehead atoms. The molecule has 2 aromatic rings. The molecule has 2 amide bonds. The molecule has 3 aliphatic rings. The summed E-state index contributed by atoms with van der Waals surface area (Å²) in [5.74, 6) is 1.81. The first-order valence-corrected chi connectivity index (χ1v) is 11.3. The molecule has 0 saturated carbocycles. The van der Waals surface area contributed by atoms with Crippen molar-refractivity contribution >= 4 is 11.8 Å². The Morgan fingerprint density at radius 2 is 2.06 bits per heavy atom. The number of carbonyl (C=O) groups excluding carboxylic acids is 2. The van der Waals surface area contributed by atoms with E-state index in [-0.39, 0.29) is 29.8 Å². The second kappa shape index (κ2) is 8.33. The lowest BCUT2D eigenvalue weighted by Gasteiger charge is -2.56. The number of methoxy groups -OCH3 is 1. The molecule has 5 rings (SSSR count). The molecule has 6 heteroatoms. The van der Waals surface area contributed by atoms with Crippen molar-refractivity contribution in [3.63, 3.8) is 0 Å². The van der Waals surface area contributed by atoms with Gasteiger partial charge in [-0.25, -0.2) is 0 Å². The molecule has 3 saturated heterocycles. The van der Waals surface area contributed by atoms with E-state index in [9.17, 15) is 9.59 Å². The van der Waals surface area contributed by atoms with Crippen molar-refractivity contribution in [3.05, 3.63) is 59.9 Å². The van der Waals surface area contributed by atoms with Crippen molar-refractivity contribution in [3.8, 4) is 5.75 Å². The number of fused-ring (bicyclic) bond motifs is 4. The van der Waals surface area contributed by atoms with Gasteiger partial charge in [0, 0.05) is 44.0 Å². The lowest BCUT2D eigenvalue weighted by Crippen LogP contribution is -2.66. The van der Waals surface area contributed by atoms with E-state index in [1.54, 1.807) is 19.5 Å². The summed E-state index contributed by atoms with van der Waals surface area (Å²) in [5, 5.41) is 0. The van der Waals surface area contributed by atoms with Gasteiger partial charge >= 0.3 is 0 Å². The van der Waals surface area contributed by atoms with Crippen LogP contribution in [-0.4, -0.2) is 58.9 Å². The summed E-state index contributed by atoms with van der Waals surface area (Å²) >= 11 is 0. The number of hydrogen-bond donors (Lipinski definition) is 0. The highest BCUT2D eigenvalue weighted by Crippen LogP contribution is 2.43. The number of rotatable bonds is 4. The molecule has 6 nitrogen and oxygen atoms in total. The van der Waals surface area contributed by atoms with E-state index < -0.39 is 0 Å². The van der Waals surface area contributed by atoms with Crippen molar-refractivity contribution in [1.82, 2.24) is 14.8 Å². The summed E-state index contributed by atoms with van der Waals surface area (Å²) < 4.78 is 5.41. The van der Waals surface area contributed by atoms with E-state index in [0.29, 0.717) is 24.4 Å². The Morgan fingerprint density at radius 3 is 2.87 bits per heavy atom. The number of piperidine rings is 3. The molecule has 3 fully saturated rings. The molecule has 3 aliphatic heterocycles. The van der Waals surface area contributed by atoms with Crippen LogP contribution in [0, 0.1) is 11.8 Å². The fraction of sp³-hybridized carbons (Fsp3) is 0.480. The Labute approximate surface area is 183 Å². The third kappa shape index (κ3) is 3.80. The van der Waals surface area contributed by atoms with E-state index >= 15 is 0 Å². The lowest BCUT2D eigenvalue weighted by atomic mass is 9.70. The molecular formula is C25H29N3O3. The molecule has 0 N–H and O–H groups in total. The molecule has 162 valence electrons. The summed E-state index contributed by atoms with van der Waals surface area (Å²) in [6.45, 7) is 1.42. The van der Waals surface area contributed by atoms with Gasteiger partial charge in [0.2, 0.25) is 5.91 Å². The number of pyridine rings is 1. The first kappa shape index (κ1) is 20.0. The molecule has 4 heterocycles. The molecule has 0 spiro atoms. The predicted molar refractivity (Wildman–Crippen MR) is 117 cm³/mol. The third-order valence-electron chi connectivity index (χ3n) is 7.27. The zero-order valence-electron chi connectivity index (χ0n) is 17.9. The van der Waals surface area contributed by atoms with Crippen LogP contribution < -0.4 is 4.74 Å². The molecule has 4 atom stereocenters. The summed E-state index contributed by atoms with van der Waals surface area (Å²) in [6, 6.07) is 12.1. The van der Waals surface area contributed by atoms with E-state index in [2.05, 4.69) is 22.0 Å². The largest absolute Gasteiger partial charge is 0.497 e. The number of benzene rings is 1. The number of amides is 2. The quantitative estimate of drug-likeness (QED) is 0.764. The van der Waals surface area contributed by atoms with Crippen LogP contribution in [-0.2, 0) is 11.2 Å². The second-order valence-electron chi connectivity index (χ2n) is 9.09. The highest BCUT2D eigenvalue weighted by Gasteiger charge is 2.49. The number of hydrogen-bond acceptors (Lipinski definition) is 4. The summed E-state index contributed by atoms with van der Waals surface area (Å²) in [6.07, 6.45) is 7.85. The van der Waals surface area contributed by atoms with Crippen LogP contribution in [0.4, 0.5) is 0 Å². The van der Waals surface area contributed by atoms with Gasteiger partial charge in [-0.3, -0.25) is 14.6 Å². The minimum absolute atomic E-state index is 0.0542.